The minimum atomic E-state index is -0.360. The third-order valence-corrected chi connectivity index (χ3v) is 9.83. The fourth-order valence-electron chi connectivity index (χ4n) is 6.66. The zero-order chi connectivity index (χ0) is 25.5. The van der Waals surface area contributed by atoms with E-state index in [0.29, 0.717) is 13.0 Å². The molecule has 0 bridgehead atoms. The van der Waals surface area contributed by atoms with Crippen molar-refractivity contribution < 1.29 is 4.74 Å². The van der Waals surface area contributed by atoms with E-state index in [4.69, 9.17) is 9.72 Å². The smallest absolute Gasteiger partial charge is 0.138 e. The van der Waals surface area contributed by atoms with Gasteiger partial charge in [0.25, 0.3) is 0 Å². The van der Waals surface area contributed by atoms with Gasteiger partial charge in [0, 0.05) is 100 Å². The second-order valence-corrected chi connectivity index (χ2v) is 12.3. The first kappa shape index (κ1) is 22.4. The van der Waals surface area contributed by atoms with E-state index in [1.54, 1.807) is 11.3 Å². The molecule has 1 saturated heterocycles. The van der Waals surface area contributed by atoms with E-state index in [-0.39, 0.29) is 11.0 Å². The molecule has 9 heteroatoms. The number of pyridine rings is 2. The van der Waals surface area contributed by atoms with Crippen LogP contribution in [0.1, 0.15) is 36.8 Å². The summed E-state index contributed by atoms with van der Waals surface area (Å²) in [6.07, 6.45) is 13.7. The van der Waals surface area contributed by atoms with Crippen LogP contribution in [0.5, 0.6) is 0 Å². The maximum atomic E-state index is 9.35. The molecule has 1 spiro atoms. The predicted molar refractivity (Wildman–Crippen MR) is 146 cm³/mol. The second kappa shape index (κ2) is 7.96. The van der Waals surface area contributed by atoms with E-state index in [9.17, 15) is 5.26 Å². The molecule has 5 aromatic rings. The van der Waals surface area contributed by atoms with Gasteiger partial charge in [-0.1, -0.05) is 0 Å². The highest BCUT2D eigenvalue weighted by Gasteiger charge is 2.51. The Bertz CT molecular complexity index is 1740. The SMILES string of the molecule is Cn1cc(-c2[nH]c3ncc4c(c3c2-c2cc3cnccc3s2)[C@]2(CCN(CC3(CC#N)CC3)C2)OC4)cn1. The number of aromatic amines is 1. The van der Waals surface area contributed by atoms with Crippen molar-refractivity contribution in [3.05, 3.63) is 54.2 Å². The highest BCUT2D eigenvalue weighted by atomic mass is 32.1. The van der Waals surface area contributed by atoms with E-state index in [1.165, 1.54) is 31.7 Å². The highest BCUT2D eigenvalue weighted by Crippen LogP contribution is 2.54. The first-order valence-electron chi connectivity index (χ1n) is 13.2. The fourth-order valence-corrected chi connectivity index (χ4v) is 7.75. The van der Waals surface area contributed by atoms with Crippen LogP contribution in [0.15, 0.2) is 43.1 Å². The molecule has 38 heavy (non-hydrogen) atoms. The van der Waals surface area contributed by atoms with Gasteiger partial charge in [0.05, 0.1) is 24.6 Å². The summed E-state index contributed by atoms with van der Waals surface area (Å²) in [6, 6.07) is 6.75. The molecule has 7 heterocycles. The number of fused-ring (bicyclic) bond motifs is 5. The minimum absolute atomic E-state index is 0.188. The monoisotopic (exact) mass is 521 g/mol. The van der Waals surface area contributed by atoms with Gasteiger partial charge < -0.3 is 9.72 Å². The van der Waals surface area contributed by atoms with Gasteiger partial charge >= 0.3 is 0 Å². The largest absolute Gasteiger partial charge is 0.364 e. The number of aromatic nitrogens is 5. The average Bonchev–Trinajstić information content (AvgIpc) is 3.44. The van der Waals surface area contributed by atoms with Crippen LogP contribution in [0, 0.1) is 16.7 Å². The molecule has 1 saturated carbocycles. The van der Waals surface area contributed by atoms with E-state index in [1.807, 2.05) is 36.5 Å². The van der Waals surface area contributed by atoms with Crippen molar-refractivity contribution in [2.75, 3.05) is 19.6 Å². The summed E-state index contributed by atoms with van der Waals surface area (Å²) in [5.41, 5.74) is 6.43. The Labute approximate surface area is 223 Å². The quantitative estimate of drug-likeness (QED) is 0.334. The lowest BCUT2D eigenvalue weighted by Crippen LogP contribution is -2.34. The van der Waals surface area contributed by atoms with Gasteiger partial charge in [-0.2, -0.15) is 10.4 Å². The summed E-state index contributed by atoms with van der Waals surface area (Å²) in [4.78, 5) is 16.6. The number of nitriles is 1. The molecule has 1 N–H and O–H groups in total. The van der Waals surface area contributed by atoms with Crippen LogP contribution < -0.4 is 0 Å². The Hall–Kier alpha value is -3.58. The molecule has 190 valence electrons. The number of thiophene rings is 1. The number of nitrogens with zero attached hydrogens (tertiary/aromatic N) is 6. The number of rotatable bonds is 5. The standard InChI is InChI=1S/C29H27N7OS/c1-35-14-19(13-33-35)26-23(22-10-18-11-31-8-2-21(18)38-22)24-25-20(12-32-27(24)34-26)15-37-29(25)6-9-36(17-29)16-28(3-4-28)5-7-30/h2,8,10-14H,3-6,9,15-17H2,1H3,(H,32,34)/t29-/m1/s1. The molecular formula is C29H27N7OS. The Morgan fingerprint density at radius 2 is 2.16 bits per heavy atom. The van der Waals surface area contributed by atoms with Crippen molar-refractivity contribution in [2.45, 2.75) is 37.9 Å². The summed E-state index contributed by atoms with van der Waals surface area (Å²) < 4.78 is 9.74. The van der Waals surface area contributed by atoms with Crippen molar-refractivity contribution >= 4 is 32.5 Å². The molecule has 2 aliphatic heterocycles. The summed E-state index contributed by atoms with van der Waals surface area (Å²) in [5, 5.41) is 16.1. The van der Waals surface area contributed by atoms with Crippen LogP contribution >= 0.6 is 11.3 Å². The molecule has 0 radical (unpaired) electrons. The molecular weight excluding hydrogens is 494 g/mol. The molecule has 8 nitrogen and oxygen atoms in total. The summed E-state index contributed by atoms with van der Waals surface area (Å²) in [5.74, 6) is 0. The molecule has 8 rings (SSSR count). The van der Waals surface area contributed by atoms with Gasteiger partial charge in [0.2, 0.25) is 0 Å². The lowest BCUT2D eigenvalue weighted by atomic mass is 9.88. The Balaban J connectivity index is 1.31. The summed E-state index contributed by atoms with van der Waals surface area (Å²) in [6.45, 7) is 3.41. The molecule has 0 aromatic carbocycles. The minimum Gasteiger partial charge on any atom is -0.364 e. The van der Waals surface area contributed by atoms with Gasteiger partial charge in [-0.25, -0.2) is 4.98 Å². The predicted octanol–water partition coefficient (Wildman–Crippen LogP) is 5.37. The van der Waals surface area contributed by atoms with Crippen LogP contribution in [0.2, 0.25) is 0 Å². The molecule has 0 amide bonds. The summed E-state index contributed by atoms with van der Waals surface area (Å²) >= 11 is 1.79. The van der Waals surface area contributed by atoms with Crippen molar-refractivity contribution in [3.8, 4) is 27.8 Å². The van der Waals surface area contributed by atoms with Crippen molar-refractivity contribution in [2.24, 2.45) is 12.5 Å². The van der Waals surface area contributed by atoms with E-state index < -0.39 is 0 Å². The molecule has 3 aliphatic rings. The number of hydrogen-bond acceptors (Lipinski definition) is 7. The number of nitrogens with one attached hydrogen (secondary N) is 1. The van der Waals surface area contributed by atoms with Gasteiger partial charge in [-0.05, 0) is 36.8 Å². The molecule has 1 atom stereocenters. The Morgan fingerprint density at radius 1 is 1.24 bits per heavy atom. The summed E-state index contributed by atoms with van der Waals surface area (Å²) in [7, 11) is 1.95. The van der Waals surface area contributed by atoms with Crippen LogP contribution in [0.25, 0.3) is 42.8 Å². The molecule has 5 aromatic heterocycles. The third-order valence-electron chi connectivity index (χ3n) is 8.70. The lowest BCUT2D eigenvalue weighted by Gasteiger charge is -2.27. The zero-order valence-electron chi connectivity index (χ0n) is 21.2. The fraction of sp³-hybridized carbons (Fsp3) is 0.379. The third kappa shape index (κ3) is 3.30. The van der Waals surface area contributed by atoms with E-state index >= 15 is 0 Å². The van der Waals surface area contributed by atoms with Gasteiger partial charge in [0.1, 0.15) is 11.2 Å². The number of ether oxygens (including phenoxy) is 1. The normalized spacial score (nSPS) is 22.0. The Morgan fingerprint density at radius 3 is 2.95 bits per heavy atom. The lowest BCUT2D eigenvalue weighted by molar-refractivity contribution is -0.0296. The first-order valence-corrected chi connectivity index (χ1v) is 14.0. The maximum absolute atomic E-state index is 9.35. The molecule has 2 fully saturated rings. The van der Waals surface area contributed by atoms with E-state index in [0.717, 1.165) is 61.2 Å². The van der Waals surface area contributed by atoms with Crippen LogP contribution in [0.3, 0.4) is 0 Å². The van der Waals surface area contributed by atoms with Crippen molar-refractivity contribution in [1.29, 1.82) is 5.26 Å². The Kier molecular flexibility index (Phi) is 4.70. The number of H-pyrrole nitrogens is 1. The molecule has 1 aliphatic carbocycles. The van der Waals surface area contributed by atoms with Gasteiger partial charge in [0.15, 0.2) is 0 Å². The average molecular weight is 522 g/mol. The van der Waals surface area contributed by atoms with Crippen LogP contribution in [-0.4, -0.2) is 49.3 Å². The maximum Gasteiger partial charge on any atom is 0.138 e. The van der Waals surface area contributed by atoms with Crippen LogP contribution in [-0.2, 0) is 24.0 Å². The number of aryl methyl sites for hydroxylation is 1. The second-order valence-electron chi connectivity index (χ2n) is 11.3. The van der Waals surface area contributed by atoms with Gasteiger partial charge in [-0.15, -0.1) is 11.3 Å². The number of hydrogen-bond donors (Lipinski definition) is 1. The molecule has 0 unspecified atom stereocenters. The van der Waals surface area contributed by atoms with Crippen LogP contribution in [0.4, 0.5) is 0 Å². The van der Waals surface area contributed by atoms with Crippen molar-refractivity contribution in [3.63, 3.8) is 0 Å². The van der Waals surface area contributed by atoms with E-state index in [2.05, 4.69) is 44.4 Å². The zero-order valence-corrected chi connectivity index (χ0v) is 22.0. The highest BCUT2D eigenvalue weighted by molar-refractivity contribution is 7.22. The number of likely N-dealkylation sites (tertiary alicyclic amines) is 1. The first-order chi connectivity index (χ1) is 18.6. The van der Waals surface area contributed by atoms with Crippen molar-refractivity contribution in [1.82, 2.24) is 29.6 Å². The topological polar surface area (TPSA) is 95.7 Å². The van der Waals surface area contributed by atoms with Gasteiger partial charge in [-0.3, -0.25) is 14.6 Å².